The molecule has 0 fully saturated rings. The smallest absolute Gasteiger partial charge is 0.122 e. The first-order chi connectivity index (χ1) is 9.83. The number of halogens is 1. The Morgan fingerprint density at radius 1 is 1.14 bits per heavy atom. The number of hydrogen-bond acceptors (Lipinski definition) is 3. The van der Waals surface area contributed by atoms with Crippen LogP contribution < -0.4 is 10.1 Å². The fraction of sp³-hybridized carbons (Fsp3) is 0.412. The maximum absolute atomic E-state index is 5.86. The van der Waals surface area contributed by atoms with E-state index < -0.39 is 0 Å². The first kappa shape index (κ1) is 16.5. The van der Waals surface area contributed by atoms with Crippen LogP contribution in [0.3, 0.4) is 0 Å². The Bertz CT molecular complexity index is 601. The number of thiophene rings is 1. The van der Waals surface area contributed by atoms with Gasteiger partial charge in [-0.15, -0.1) is 11.3 Å². The lowest BCUT2D eigenvalue weighted by Crippen LogP contribution is -2.34. The van der Waals surface area contributed by atoms with Crippen molar-refractivity contribution in [3.8, 4) is 5.75 Å². The minimum Gasteiger partial charge on any atom is -0.488 e. The molecule has 2 aromatic rings. The molecule has 21 heavy (non-hydrogen) atoms. The molecule has 0 saturated carbocycles. The van der Waals surface area contributed by atoms with Gasteiger partial charge >= 0.3 is 0 Å². The molecule has 0 spiro atoms. The number of hydrogen-bond donors (Lipinski definition) is 1. The van der Waals surface area contributed by atoms with Gasteiger partial charge in [0.05, 0.1) is 0 Å². The number of benzene rings is 1. The van der Waals surface area contributed by atoms with Crippen LogP contribution in [0.1, 0.15) is 36.1 Å². The van der Waals surface area contributed by atoms with E-state index >= 15 is 0 Å². The van der Waals surface area contributed by atoms with Crippen LogP contribution in [0.15, 0.2) is 34.8 Å². The van der Waals surface area contributed by atoms with Gasteiger partial charge in [0.25, 0.3) is 0 Å². The van der Waals surface area contributed by atoms with Crippen molar-refractivity contribution in [3.63, 3.8) is 0 Å². The number of rotatable bonds is 5. The Morgan fingerprint density at radius 2 is 1.86 bits per heavy atom. The molecule has 0 bridgehead atoms. The molecule has 0 aliphatic heterocycles. The van der Waals surface area contributed by atoms with Crippen LogP contribution in [-0.4, -0.2) is 5.54 Å². The maximum Gasteiger partial charge on any atom is 0.122 e. The summed E-state index contributed by atoms with van der Waals surface area (Å²) in [6.45, 7) is 10.1. The minimum atomic E-state index is 0.148. The van der Waals surface area contributed by atoms with E-state index in [0.717, 1.165) is 16.8 Å². The molecule has 4 heteroatoms. The van der Waals surface area contributed by atoms with E-state index in [2.05, 4.69) is 67.1 Å². The highest BCUT2D eigenvalue weighted by Crippen LogP contribution is 2.24. The molecule has 0 atom stereocenters. The fourth-order valence-corrected chi connectivity index (χ4v) is 2.93. The summed E-state index contributed by atoms with van der Waals surface area (Å²) in [5.41, 5.74) is 1.34. The molecule has 0 aliphatic rings. The predicted octanol–water partition coefficient (Wildman–Crippen LogP) is 5.29. The molecule has 1 heterocycles. The van der Waals surface area contributed by atoms with Crippen LogP contribution in [0.4, 0.5) is 0 Å². The van der Waals surface area contributed by atoms with Crippen molar-refractivity contribution in [2.75, 3.05) is 0 Å². The van der Waals surface area contributed by atoms with Crippen molar-refractivity contribution in [1.29, 1.82) is 0 Å². The minimum absolute atomic E-state index is 0.148. The standard InChI is InChI=1S/C17H22BrNOS/c1-12-9-13(5-8-16(12)18)20-11-15-7-6-14(21-15)10-19-17(2,3)4/h5-9,19H,10-11H2,1-4H3. The van der Waals surface area contributed by atoms with Crippen LogP contribution in [-0.2, 0) is 13.2 Å². The molecule has 114 valence electrons. The SMILES string of the molecule is Cc1cc(OCc2ccc(CNC(C)(C)C)s2)ccc1Br. The second-order valence-corrected chi connectivity index (χ2v) is 8.28. The third kappa shape index (κ3) is 5.46. The highest BCUT2D eigenvalue weighted by atomic mass is 79.9. The van der Waals surface area contributed by atoms with Gasteiger partial charge in [-0.25, -0.2) is 0 Å². The van der Waals surface area contributed by atoms with Gasteiger partial charge in [-0.05, 0) is 63.6 Å². The van der Waals surface area contributed by atoms with E-state index in [4.69, 9.17) is 4.74 Å². The van der Waals surface area contributed by atoms with Gasteiger partial charge in [0, 0.05) is 26.3 Å². The Hall–Kier alpha value is -0.840. The molecular formula is C17H22BrNOS. The lowest BCUT2D eigenvalue weighted by Gasteiger charge is -2.19. The second-order valence-electron chi connectivity index (χ2n) is 6.17. The Morgan fingerprint density at radius 3 is 2.52 bits per heavy atom. The van der Waals surface area contributed by atoms with Gasteiger partial charge in [-0.1, -0.05) is 15.9 Å². The molecule has 0 aliphatic carbocycles. The Labute approximate surface area is 139 Å². The average Bonchev–Trinajstić information content (AvgIpc) is 2.85. The van der Waals surface area contributed by atoms with E-state index in [1.54, 1.807) is 11.3 Å². The van der Waals surface area contributed by atoms with Gasteiger partial charge in [-0.3, -0.25) is 0 Å². The monoisotopic (exact) mass is 367 g/mol. The van der Waals surface area contributed by atoms with E-state index in [1.165, 1.54) is 15.3 Å². The first-order valence-electron chi connectivity index (χ1n) is 7.05. The Balaban J connectivity index is 1.89. The van der Waals surface area contributed by atoms with Crippen LogP contribution >= 0.6 is 27.3 Å². The van der Waals surface area contributed by atoms with Gasteiger partial charge in [-0.2, -0.15) is 0 Å². The summed E-state index contributed by atoms with van der Waals surface area (Å²) in [6, 6.07) is 10.4. The summed E-state index contributed by atoms with van der Waals surface area (Å²) in [4.78, 5) is 2.59. The molecule has 1 aromatic heterocycles. The number of nitrogens with one attached hydrogen (secondary N) is 1. The van der Waals surface area contributed by atoms with E-state index in [0.29, 0.717) is 6.61 Å². The third-order valence-electron chi connectivity index (χ3n) is 3.02. The van der Waals surface area contributed by atoms with Crippen LogP contribution in [0, 0.1) is 6.92 Å². The Kier molecular flexibility index (Phi) is 5.47. The fourth-order valence-electron chi connectivity index (χ4n) is 1.81. The van der Waals surface area contributed by atoms with Crippen molar-refractivity contribution in [2.45, 2.75) is 46.4 Å². The van der Waals surface area contributed by atoms with Crippen LogP contribution in [0.25, 0.3) is 0 Å². The molecule has 1 aromatic carbocycles. The van der Waals surface area contributed by atoms with Crippen molar-refractivity contribution >= 4 is 27.3 Å². The highest BCUT2D eigenvalue weighted by molar-refractivity contribution is 9.10. The normalized spacial score (nSPS) is 11.7. The van der Waals surface area contributed by atoms with Crippen molar-refractivity contribution < 1.29 is 4.74 Å². The molecule has 2 rings (SSSR count). The summed E-state index contributed by atoms with van der Waals surface area (Å²) in [5, 5.41) is 3.50. The molecule has 1 N–H and O–H groups in total. The van der Waals surface area contributed by atoms with E-state index in [9.17, 15) is 0 Å². The molecule has 0 saturated heterocycles. The molecule has 0 radical (unpaired) electrons. The van der Waals surface area contributed by atoms with Gasteiger partial charge in [0.1, 0.15) is 12.4 Å². The molecular weight excluding hydrogens is 346 g/mol. The summed E-state index contributed by atoms with van der Waals surface area (Å²) in [7, 11) is 0. The zero-order valence-corrected chi connectivity index (χ0v) is 15.4. The predicted molar refractivity (Wildman–Crippen MR) is 94.1 cm³/mol. The zero-order valence-electron chi connectivity index (χ0n) is 13.0. The topological polar surface area (TPSA) is 21.3 Å². The number of aryl methyl sites for hydroxylation is 1. The highest BCUT2D eigenvalue weighted by Gasteiger charge is 2.09. The van der Waals surface area contributed by atoms with E-state index in [-0.39, 0.29) is 5.54 Å². The summed E-state index contributed by atoms with van der Waals surface area (Å²) >= 11 is 5.30. The van der Waals surface area contributed by atoms with Crippen molar-refractivity contribution in [1.82, 2.24) is 5.32 Å². The van der Waals surface area contributed by atoms with Crippen LogP contribution in [0.5, 0.6) is 5.75 Å². The zero-order chi connectivity index (χ0) is 15.5. The van der Waals surface area contributed by atoms with Crippen LogP contribution in [0.2, 0.25) is 0 Å². The van der Waals surface area contributed by atoms with Gasteiger partial charge in [0.2, 0.25) is 0 Å². The van der Waals surface area contributed by atoms with Gasteiger partial charge < -0.3 is 10.1 Å². The molecule has 2 nitrogen and oxygen atoms in total. The van der Waals surface area contributed by atoms with Crippen molar-refractivity contribution in [2.24, 2.45) is 0 Å². The average molecular weight is 368 g/mol. The summed E-state index contributed by atoms with van der Waals surface area (Å²) in [6.07, 6.45) is 0. The van der Waals surface area contributed by atoms with Gasteiger partial charge in [0.15, 0.2) is 0 Å². The molecule has 0 unspecified atom stereocenters. The largest absolute Gasteiger partial charge is 0.488 e. The van der Waals surface area contributed by atoms with Crippen molar-refractivity contribution in [3.05, 3.63) is 50.1 Å². The first-order valence-corrected chi connectivity index (χ1v) is 8.66. The summed E-state index contributed by atoms with van der Waals surface area (Å²) in [5.74, 6) is 0.915. The number of ether oxygens (including phenoxy) is 1. The summed E-state index contributed by atoms with van der Waals surface area (Å²) < 4.78 is 6.97. The third-order valence-corrected chi connectivity index (χ3v) is 4.97. The second kappa shape index (κ2) is 6.95. The van der Waals surface area contributed by atoms with E-state index in [1.807, 2.05) is 12.1 Å². The lowest BCUT2D eigenvalue weighted by atomic mass is 10.1. The molecule has 0 amide bonds. The lowest BCUT2D eigenvalue weighted by molar-refractivity contribution is 0.309. The maximum atomic E-state index is 5.86. The quantitative estimate of drug-likeness (QED) is 0.775.